The first-order chi connectivity index (χ1) is 13.9. The molecule has 1 aromatic heterocycles. The van der Waals surface area contributed by atoms with Gasteiger partial charge in [0.15, 0.2) is 16.8 Å². The van der Waals surface area contributed by atoms with E-state index in [-0.39, 0.29) is 11.7 Å². The van der Waals surface area contributed by atoms with Crippen LogP contribution < -0.4 is 0 Å². The molecule has 0 aliphatic carbocycles. The van der Waals surface area contributed by atoms with Crippen molar-refractivity contribution in [2.45, 2.75) is 31.5 Å². The van der Waals surface area contributed by atoms with Gasteiger partial charge in [-0.3, -0.25) is 9.36 Å². The molecule has 0 saturated carbocycles. The highest BCUT2D eigenvalue weighted by atomic mass is 32.2. The largest absolute Gasteiger partial charge is 0.338 e. The number of nitrogens with zero attached hydrogens (tertiary/aromatic N) is 4. The molecule has 3 aromatic rings. The lowest BCUT2D eigenvalue weighted by atomic mass is 10.1. The van der Waals surface area contributed by atoms with Crippen molar-refractivity contribution in [2.75, 3.05) is 12.8 Å². The molecular formula is C21H22F2N4OS. The maximum Gasteiger partial charge on any atom is 0.233 e. The Morgan fingerprint density at radius 2 is 1.97 bits per heavy atom. The van der Waals surface area contributed by atoms with Crippen LogP contribution in [0.1, 0.15) is 31.0 Å². The van der Waals surface area contributed by atoms with E-state index in [4.69, 9.17) is 0 Å². The lowest BCUT2D eigenvalue weighted by molar-refractivity contribution is -0.128. The zero-order chi connectivity index (χ0) is 21.0. The Morgan fingerprint density at radius 3 is 2.69 bits per heavy atom. The van der Waals surface area contributed by atoms with Crippen LogP contribution in [0.3, 0.4) is 0 Å². The predicted molar refractivity (Wildman–Crippen MR) is 109 cm³/mol. The number of benzene rings is 2. The van der Waals surface area contributed by atoms with E-state index < -0.39 is 17.7 Å². The lowest BCUT2D eigenvalue weighted by Gasteiger charge is -2.25. The maximum absolute atomic E-state index is 13.5. The van der Waals surface area contributed by atoms with Crippen LogP contribution in [0.25, 0.3) is 5.69 Å². The molecule has 0 radical (unpaired) electrons. The smallest absolute Gasteiger partial charge is 0.233 e. The molecule has 152 valence electrons. The average Bonchev–Trinajstić information content (AvgIpc) is 3.21. The Labute approximate surface area is 172 Å². The summed E-state index contributed by atoms with van der Waals surface area (Å²) in [6.07, 6.45) is 2.50. The van der Waals surface area contributed by atoms with E-state index in [1.165, 1.54) is 22.7 Å². The zero-order valence-corrected chi connectivity index (χ0v) is 17.3. The Bertz CT molecular complexity index is 1010. The van der Waals surface area contributed by atoms with Crippen LogP contribution in [0, 0.1) is 11.6 Å². The monoisotopic (exact) mass is 416 g/mol. The minimum Gasteiger partial charge on any atom is -0.338 e. The van der Waals surface area contributed by atoms with Crippen molar-refractivity contribution in [3.63, 3.8) is 0 Å². The standard InChI is InChI=1S/C21H22F2N4OS/c1-4-15-7-5-6-8-19(15)27-13-24-25-21(27)29-12-20(28)26(3)14(2)16-9-10-17(22)18(23)11-16/h5-11,13-14H,4,12H2,1-3H3. The van der Waals surface area contributed by atoms with Gasteiger partial charge in [0.25, 0.3) is 0 Å². The van der Waals surface area contributed by atoms with Crippen molar-refractivity contribution in [3.8, 4) is 5.69 Å². The van der Waals surface area contributed by atoms with Gasteiger partial charge in [0, 0.05) is 7.05 Å². The normalized spacial score (nSPS) is 12.0. The molecule has 8 heteroatoms. The molecule has 0 N–H and O–H groups in total. The molecule has 0 saturated heterocycles. The van der Waals surface area contributed by atoms with Gasteiger partial charge in [-0.15, -0.1) is 10.2 Å². The van der Waals surface area contributed by atoms with Crippen molar-refractivity contribution >= 4 is 17.7 Å². The molecule has 0 aliphatic heterocycles. The van der Waals surface area contributed by atoms with E-state index >= 15 is 0 Å². The summed E-state index contributed by atoms with van der Waals surface area (Å²) in [6.45, 7) is 3.85. The third-order valence-corrected chi connectivity index (χ3v) is 5.80. The van der Waals surface area contributed by atoms with Crippen molar-refractivity contribution in [1.29, 1.82) is 0 Å². The number of hydrogen-bond acceptors (Lipinski definition) is 4. The predicted octanol–water partition coefficient (Wildman–Crippen LogP) is 4.42. The molecular weight excluding hydrogens is 394 g/mol. The molecule has 1 heterocycles. The van der Waals surface area contributed by atoms with Crippen molar-refractivity contribution < 1.29 is 13.6 Å². The Balaban J connectivity index is 1.70. The molecule has 1 unspecified atom stereocenters. The third kappa shape index (κ3) is 4.64. The summed E-state index contributed by atoms with van der Waals surface area (Å²) < 4.78 is 28.5. The fraction of sp³-hybridized carbons (Fsp3) is 0.286. The highest BCUT2D eigenvalue weighted by Gasteiger charge is 2.20. The second-order valence-corrected chi connectivity index (χ2v) is 7.55. The van der Waals surface area contributed by atoms with E-state index in [0.29, 0.717) is 10.7 Å². The van der Waals surface area contributed by atoms with Gasteiger partial charge < -0.3 is 4.90 Å². The molecule has 0 fully saturated rings. The van der Waals surface area contributed by atoms with E-state index in [1.54, 1.807) is 20.3 Å². The van der Waals surface area contributed by atoms with Crippen LogP contribution in [0.4, 0.5) is 8.78 Å². The molecule has 3 rings (SSSR count). The SMILES string of the molecule is CCc1ccccc1-n1cnnc1SCC(=O)N(C)C(C)c1ccc(F)c(F)c1. The molecule has 1 amide bonds. The fourth-order valence-corrected chi connectivity index (χ4v) is 3.82. The quantitative estimate of drug-likeness (QED) is 0.535. The highest BCUT2D eigenvalue weighted by Crippen LogP contribution is 2.25. The number of carbonyl (C=O) groups is 1. The van der Waals surface area contributed by atoms with Gasteiger partial charge in [-0.25, -0.2) is 8.78 Å². The number of amides is 1. The Hall–Kier alpha value is -2.74. The van der Waals surface area contributed by atoms with Gasteiger partial charge in [-0.1, -0.05) is 43.0 Å². The molecule has 1 atom stereocenters. The molecule has 0 bridgehead atoms. The topological polar surface area (TPSA) is 51.0 Å². The summed E-state index contributed by atoms with van der Waals surface area (Å²) in [5, 5.41) is 8.74. The number of aryl methyl sites for hydroxylation is 1. The van der Waals surface area contributed by atoms with Gasteiger partial charge >= 0.3 is 0 Å². The van der Waals surface area contributed by atoms with Crippen LogP contribution in [-0.4, -0.2) is 38.4 Å². The second kappa shape index (κ2) is 9.17. The van der Waals surface area contributed by atoms with E-state index in [9.17, 15) is 13.6 Å². The van der Waals surface area contributed by atoms with Gasteiger partial charge in [0.2, 0.25) is 5.91 Å². The lowest BCUT2D eigenvalue weighted by Crippen LogP contribution is -2.31. The summed E-state index contributed by atoms with van der Waals surface area (Å²) >= 11 is 1.29. The maximum atomic E-state index is 13.5. The van der Waals surface area contributed by atoms with Gasteiger partial charge in [0.1, 0.15) is 6.33 Å². The third-order valence-electron chi connectivity index (χ3n) is 4.87. The summed E-state index contributed by atoms with van der Waals surface area (Å²) in [4.78, 5) is 14.2. The summed E-state index contributed by atoms with van der Waals surface area (Å²) in [5.41, 5.74) is 2.67. The molecule has 0 aliphatic rings. The highest BCUT2D eigenvalue weighted by molar-refractivity contribution is 7.99. The van der Waals surface area contributed by atoms with Gasteiger partial charge in [-0.2, -0.15) is 0 Å². The van der Waals surface area contributed by atoms with Crippen LogP contribution >= 0.6 is 11.8 Å². The first-order valence-electron chi connectivity index (χ1n) is 9.24. The molecule has 0 spiro atoms. The van der Waals surface area contributed by atoms with E-state index in [0.717, 1.165) is 29.8 Å². The van der Waals surface area contributed by atoms with Gasteiger partial charge in [0.05, 0.1) is 17.5 Å². The summed E-state index contributed by atoms with van der Waals surface area (Å²) in [7, 11) is 1.64. The number of aromatic nitrogens is 3. The van der Waals surface area contributed by atoms with Gasteiger partial charge in [-0.05, 0) is 42.7 Å². The van der Waals surface area contributed by atoms with Crippen molar-refractivity contribution in [1.82, 2.24) is 19.7 Å². The number of hydrogen-bond donors (Lipinski definition) is 0. The molecule has 29 heavy (non-hydrogen) atoms. The van der Waals surface area contributed by atoms with Crippen LogP contribution in [0.5, 0.6) is 0 Å². The summed E-state index contributed by atoms with van der Waals surface area (Å²) in [6, 6.07) is 11.3. The first-order valence-corrected chi connectivity index (χ1v) is 10.2. The fourth-order valence-electron chi connectivity index (χ4n) is 2.97. The minimum atomic E-state index is -0.924. The number of thioether (sulfide) groups is 1. The van der Waals surface area contributed by atoms with Crippen LogP contribution in [0.2, 0.25) is 0 Å². The number of carbonyl (C=O) groups excluding carboxylic acids is 1. The number of halogens is 2. The number of rotatable bonds is 7. The zero-order valence-electron chi connectivity index (χ0n) is 16.5. The summed E-state index contributed by atoms with van der Waals surface area (Å²) in [5.74, 6) is -1.83. The minimum absolute atomic E-state index is 0.148. The Kier molecular flexibility index (Phi) is 6.64. The second-order valence-electron chi connectivity index (χ2n) is 6.61. The molecule has 5 nitrogen and oxygen atoms in total. The van der Waals surface area contributed by atoms with Crippen molar-refractivity contribution in [3.05, 3.63) is 71.6 Å². The first kappa shape index (κ1) is 21.0. The van der Waals surface area contributed by atoms with Crippen LogP contribution in [-0.2, 0) is 11.2 Å². The molecule has 2 aromatic carbocycles. The van der Waals surface area contributed by atoms with Crippen LogP contribution in [0.15, 0.2) is 53.9 Å². The number of para-hydroxylation sites is 1. The van der Waals surface area contributed by atoms with E-state index in [1.807, 2.05) is 28.8 Å². The van der Waals surface area contributed by atoms with E-state index in [2.05, 4.69) is 17.1 Å². The van der Waals surface area contributed by atoms with Crippen molar-refractivity contribution in [2.24, 2.45) is 0 Å². The average molecular weight is 416 g/mol. The Morgan fingerprint density at radius 1 is 1.21 bits per heavy atom.